The van der Waals surface area contributed by atoms with Gasteiger partial charge in [0.15, 0.2) is 0 Å². The van der Waals surface area contributed by atoms with Crippen LogP contribution in [0.3, 0.4) is 0 Å². The van der Waals surface area contributed by atoms with Crippen molar-refractivity contribution in [2.24, 2.45) is 16.7 Å². The summed E-state index contributed by atoms with van der Waals surface area (Å²) >= 11 is 0. The van der Waals surface area contributed by atoms with Crippen LogP contribution in [0, 0.1) is 30.6 Å². The van der Waals surface area contributed by atoms with Crippen molar-refractivity contribution in [2.75, 3.05) is 6.54 Å². The molecule has 2 rings (SSSR count). The molecule has 0 bridgehead atoms. The van der Waals surface area contributed by atoms with Crippen LogP contribution in [-0.2, 0) is 0 Å². The molecule has 1 fully saturated rings. The van der Waals surface area contributed by atoms with Crippen LogP contribution >= 0.6 is 0 Å². The smallest absolute Gasteiger partial charge is 0.0361 e. The maximum absolute atomic E-state index is 3.74. The quantitative estimate of drug-likeness (QED) is 0.831. The molecule has 1 saturated carbocycles. The Labute approximate surface area is 118 Å². The van der Waals surface area contributed by atoms with Gasteiger partial charge in [-0.25, -0.2) is 0 Å². The van der Waals surface area contributed by atoms with Crippen LogP contribution in [0.4, 0.5) is 0 Å². The van der Waals surface area contributed by atoms with Gasteiger partial charge in [-0.2, -0.15) is 0 Å². The van der Waals surface area contributed by atoms with Crippen LogP contribution in [0.1, 0.15) is 57.4 Å². The third-order valence-corrected chi connectivity index (χ3v) is 5.66. The number of hydrogen-bond acceptors (Lipinski definition) is 1. The summed E-state index contributed by atoms with van der Waals surface area (Å²) < 4.78 is 0. The Balaban J connectivity index is 2.40. The highest BCUT2D eigenvalue weighted by Gasteiger charge is 2.67. The predicted molar refractivity (Wildman–Crippen MR) is 83.4 cm³/mol. The van der Waals surface area contributed by atoms with E-state index in [1.54, 1.807) is 0 Å². The summed E-state index contributed by atoms with van der Waals surface area (Å²) in [6.07, 6.45) is 0. The molecule has 1 nitrogen and oxygen atoms in total. The van der Waals surface area contributed by atoms with E-state index < -0.39 is 0 Å². The summed E-state index contributed by atoms with van der Waals surface area (Å²) in [7, 11) is 0. The Morgan fingerprint density at radius 1 is 1.11 bits per heavy atom. The van der Waals surface area contributed by atoms with Gasteiger partial charge in [0.2, 0.25) is 0 Å². The number of aryl methyl sites for hydroxylation is 2. The number of benzene rings is 1. The summed E-state index contributed by atoms with van der Waals surface area (Å²) in [6, 6.07) is 7.32. The second-order valence-electron chi connectivity index (χ2n) is 7.32. The van der Waals surface area contributed by atoms with E-state index in [1.807, 2.05) is 0 Å². The Kier molecular flexibility index (Phi) is 3.55. The average molecular weight is 259 g/mol. The van der Waals surface area contributed by atoms with Gasteiger partial charge >= 0.3 is 0 Å². The highest BCUT2D eigenvalue weighted by molar-refractivity contribution is 5.36. The second kappa shape index (κ2) is 4.63. The zero-order valence-electron chi connectivity index (χ0n) is 13.6. The SMILES string of the molecule is CCNC(c1cc(C)ccc1C)C1C(C)(C)C1(C)C. The van der Waals surface area contributed by atoms with Crippen LogP contribution in [0.5, 0.6) is 0 Å². The molecule has 19 heavy (non-hydrogen) atoms. The fourth-order valence-corrected chi connectivity index (χ4v) is 3.80. The highest BCUT2D eigenvalue weighted by atomic mass is 15.0. The zero-order chi connectivity index (χ0) is 14.4. The van der Waals surface area contributed by atoms with Gasteiger partial charge in [0, 0.05) is 6.04 Å². The Hall–Kier alpha value is -0.820. The van der Waals surface area contributed by atoms with E-state index in [4.69, 9.17) is 0 Å². The minimum atomic E-state index is 0.413. The monoisotopic (exact) mass is 259 g/mol. The van der Waals surface area contributed by atoms with Gasteiger partial charge in [0.05, 0.1) is 0 Å². The van der Waals surface area contributed by atoms with Crippen molar-refractivity contribution in [3.05, 3.63) is 34.9 Å². The summed E-state index contributed by atoms with van der Waals surface area (Å²) in [4.78, 5) is 0. The molecule has 1 heteroatoms. The van der Waals surface area contributed by atoms with E-state index in [0.717, 1.165) is 6.54 Å². The summed E-state index contributed by atoms with van der Waals surface area (Å²) in [5, 5.41) is 3.74. The molecule has 106 valence electrons. The van der Waals surface area contributed by atoms with Crippen molar-refractivity contribution in [3.63, 3.8) is 0 Å². The third-order valence-electron chi connectivity index (χ3n) is 5.66. The predicted octanol–water partition coefficient (Wildman–Crippen LogP) is 4.64. The maximum atomic E-state index is 3.74. The van der Waals surface area contributed by atoms with Gasteiger partial charge in [-0.3, -0.25) is 0 Å². The van der Waals surface area contributed by atoms with Crippen molar-refractivity contribution in [1.82, 2.24) is 5.32 Å². The normalized spacial score (nSPS) is 22.3. The fraction of sp³-hybridized carbons (Fsp3) is 0.667. The standard InChI is InChI=1S/C18H29N/c1-8-19-15(16-17(4,5)18(16,6)7)14-11-12(2)9-10-13(14)3/h9-11,15-16,19H,8H2,1-7H3. The molecule has 1 aliphatic carbocycles. The molecule has 0 aromatic heterocycles. The molecule has 0 heterocycles. The summed E-state index contributed by atoms with van der Waals surface area (Å²) in [6.45, 7) is 17.3. The summed E-state index contributed by atoms with van der Waals surface area (Å²) in [5.41, 5.74) is 5.09. The van der Waals surface area contributed by atoms with Crippen LogP contribution in [-0.4, -0.2) is 6.54 Å². The van der Waals surface area contributed by atoms with Crippen LogP contribution in [0.2, 0.25) is 0 Å². The van der Waals surface area contributed by atoms with Crippen molar-refractivity contribution in [2.45, 2.75) is 54.5 Å². The molecule has 0 spiro atoms. The van der Waals surface area contributed by atoms with Gasteiger partial charge in [-0.05, 0) is 48.3 Å². The lowest BCUT2D eigenvalue weighted by molar-refractivity contribution is 0.417. The number of nitrogens with one attached hydrogen (secondary N) is 1. The number of rotatable bonds is 4. The minimum absolute atomic E-state index is 0.413. The lowest BCUT2D eigenvalue weighted by Gasteiger charge is -2.23. The molecule has 1 aromatic carbocycles. The van der Waals surface area contributed by atoms with Gasteiger partial charge in [-0.1, -0.05) is 58.4 Å². The van der Waals surface area contributed by atoms with E-state index >= 15 is 0 Å². The average Bonchev–Trinajstić information content (AvgIpc) is 2.71. The molecule has 0 saturated heterocycles. The zero-order valence-corrected chi connectivity index (χ0v) is 13.6. The lowest BCUT2D eigenvalue weighted by atomic mass is 9.92. The Bertz CT molecular complexity index is 457. The van der Waals surface area contributed by atoms with Crippen molar-refractivity contribution >= 4 is 0 Å². The van der Waals surface area contributed by atoms with Gasteiger partial charge in [-0.15, -0.1) is 0 Å². The molecule has 0 aliphatic heterocycles. The maximum Gasteiger partial charge on any atom is 0.0361 e. The molecule has 0 amide bonds. The van der Waals surface area contributed by atoms with Crippen molar-refractivity contribution < 1.29 is 0 Å². The fourth-order valence-electron chi connectivity index (χ4n) is 3.80. The van der Waals surface area contributed by atoms with Gasteiger partial charge in [0.1, 0.15) is 0 Å². The second-order valence-corrected chi connectivity index (χ2v) is 7.32. The molecule has 0 radical (unpaired) electrons. The first-order valence-electron chi connectivity index (χ1n) is 7.54. The molecular formula is C18H29N. The molecular weight excluding hydrogens is 230 g/mol. The molecule has 1 aromatic rings. The van der Waals surface area contributed by atoms with Crippen LogP contribution in [0.25, 0.3) is 0 Å². The van der Waals surface area contributed by atoms with E-state index in [2.05, 4.69) is 72.0 Å². The van der Waals surface area contributed by atoms with Gasteiger partial charge in [0.25, 0.3) is 0 Å². The molecule has 1 N–H and O–H groups in total. The van der Waals surface area contributed by atoms with Crippen molar-refractivity contribution in [3.8, 4) is 0 Å². The van der Waals surface area contributed by atoms with Crippen molar-refractivity contribution in [1.29, 1.82) is 0 Å². The lowest BCUT2D eigenvalue weighted by Crippen LogP contribution is -2.26. The Morgan fingerprint density at radius 3 is 2.16 bits per heavy atom. The van der Waals surface area contributed by atoms with E-state index in [0.29, 0.717) is 22.8 Å². The van der Waals surface area contributed by atoms with E-state index in [-0.39, 0.29) is 0 Å². The molecule has 1 unspecified atom stereocenters. The molecule has 1 atom stereocenters. The topological polar surface area (TPSA) is 12.0 Å². The number of hydrogen-bond donors (Lipinski definition) is 1. The molecule has 1 aliphatic rings. The first-order valence-corrected chi connectivity index (χ1v) is 7.54. The Morgan fingerprint density at radius 2 is 1.68 bits per heavy atom. The first-order chi connectivity index (χ1) is 8.73. The van der Waals surface area contributed by atoms with Gasteiger partial charge < -0.3 is 5.32 Å². The first kappa shape index (κ1) is 14.6. The minimum Gasteiger partial charge on any atom is -0.310 e. The van der Waals surface area contributed by atoms with E-state index in [9.17, 15) is 0 Å². The van der Waals surface area contributed by atoms with Crippen LogP contribution < -0.4 is 5.32 Å². The summed E-state index contributed by atoms with van der Waals surface area (Å²) in [5.74, 6) is 0.709. The van der Waals surface area contributed by atoms with E-state index in [1.165, 1.54) is 16.7 Å². The largest absolute Gasteiger partial charge is 0.310 e. The third kappa shape index (κ3) is 2.23. The van der Waals surface area contributed by atoms with Crippen LogP contribution in [0.15, 0.2) is 18.2 Å². The highest BCUT2D eigenvalue weighted by Crippen LogP contribution is 2.72.